The third-order valence-electron chi connectivity index (χ3n) is 3.94. The molecule has 19 heavy (non-hydrogen) atoms. The second-order valence-corrected chi connectivity index (χ2v) is 5.98. The molecular formula is C15H20BrNO2. The van der Waals surface area contributed by atoms with E-state index in [1.165, 1.54) is 19.3 Å². The Morgan fingerprint density at radius 3 is 2.84 bits per heavy atom. The standard InChI is InChI=1S/C15H20BrNO2/c1-10-5-6-13(14(18)7-10)15(19)17-9-12-4-2-3-11(12)8-16/h5-7,11-12,18H,2-4,8-9H2,1H3,(H,17,19). The molecule has 0 aliphatic heterocycles. The van der Waals surface area contributed by atoms with Crippen LogP contribution in [0.1, 0.15) is 35.2 Å². The number of halogens is 1. The van der Waals surface area contributed by atoms with Crippen molar-refractivity contribution in [3.8, 4) is 5.75 Å². The Bertz CT molecular complexity index is 461. The van der Waals surface area contributed by atoms with Crippen molar-refractivity contribution in [2.45, 2.75) is 26.2 Å². The van der Waals surface area contributed by atoms with Gasteiger partial charge >= 0.3 is 0 Å². The topological polar surface area (TPSA) is 49.3 Å². The number of aryl methyl sites for hydroxylation is 1. The fourth-order valence-electron chi connectivity index (χ4n) is 2.74. The summed E-state index contributed by atoms with van der Waals surface area (Å²) in [5.41, 5.74) is 1.31. The molecule has 3 nitrogen and oxygen atoms in total. The second kappa shape index (κ2) is 6.42. The van der Waals surface area contributed by atoms with Crippen molar-refractivity contribution in [1.82, 2.24) is 5.32 Å². The lowest BCUT2D eigenvalue weighted by atomic mass is 9.98. The number of rotatable bonds is 4. The van der Waals surface area contributed by atoms with Crippen LogP contribution in [0.2, 0.25) is 0 Å². The highest BCUT2D eigenvalue weighted by atomic mass is 79.9. The van der Waals surface area contributed by atoms with Gasteiger partial charge in [0.15, 0.2) is 0 Å². The van der Waals surface area contributed by atoms with Gasteiger partial charge in [-0.1, -0.05) is 28.4 Å². The summed E-state index contributed by atoms with van der Waals surface area (Å²) in [4.78, 5) is 12.0. The molecule has 1 aliphatic rings. The van der Waals surface area contributed by atoms with Gasteiger partial charge in [0.25, 0.3) is 5.91 Å². The van der Waals surface area contributed by atoms with Crippen molar-refractivity contribution in [2.24, 2.45) is 11.8 Å². The lowest BCUT2D eigenvalue weighted by Crippen LogP contribution is -2.31. The van der Waals surface area contributed by atoms with E-state index in [9.17, 15) is 9.90 Å². The van der Waals surface area contributed by atoms with Gasteiger partial charge < -0.3 is 10.4 Å². The van der Waals surface area contributed by atoms with E-state index in [1.54, 1.807) is 12.1 Å². The molecule has 1 fully saturated rings. The van der Waals surface area contributed by atoms with Crippen molar-refractivity contribution >= 4 is 21.8 Å². The number of phenolic OH excluding ortho intramolecular Hbond substituents is 1. The first-order valence-electron chi connectivity index (χ1n) is 6.75. The van der Waals surface area contributed by atoms with Crippen molar-refractivity contribution in [2.75, 3.05) is 11.9 Å². The summed E-state index contributed by atoms with van der Waals surface area (Å²) in [5.74, 6) is 1.08. The minimum atomic E-state index is -0.183. The Kier molecular flexibility index (Phi) is 4.86. The normalized spacial score (nSPS) is 22.4. The van der Waals surface area contributed by atoms with Crippen molar-refractivity contribution < 1.29 is 9.90 Å². The molecule has 0 bridgehead atoms. The van der Waals surface area contributed by atoms with Crippen LogP contribution in [-0.4, -0.2) is 22.9 Å². The van der Waals surface area contributed by atoms with Gasteiger partial charge in [0.05, 0.1) is 5.56 Å². The summed E-state index contributed by atoms with van der Waals surface area (Å²) in [6.45, 7) is 2.59. The molecule has 0 radical (unpaired) electrons. The minimum Gasteiger partial charge on any atom is -0.507 e. The highest BCUT2D eigenvalue weighted by Crippen LogP contribution is 2.32. The summed E-state index contributed by atoms with van der Waals surface area (Å²) in [6, 6.07) is 5.13. The predicted octanol–water partition coefficient (Wildman–Crippen LogP) is 3.24. The number of nitrogens with one attached hydrogen (secondary N) is 1. The third kappa shape index (κ3) is 3.50. The Morgan fingerprint density at radius 1 is 1.42 bits per heavy atom. The zero-order chi connectivity index (χ0) is 13.8. The van der Waals surface area contributed by atoms with Crippen LogP contribution in [0.15, 0.2) is 18.2 Å². The summed E-state index contributed by atoms with van der Waals surface area (Å²) < 4.78 is 0. The van der Waals surface area contributed by atoms with Crippen LogP contribution in [0, 0.1) is 18.8 Å². The molecule has 104 valence electrons. The van der Waals surface area contributed by atoms with Crippen molar-refractivity contribution in [1.29, 1.82) is 0 Å². The van der Waals surface area contributed by atoms with Crippen LogP contribution in [0.3, 0.4) is 0 Å². The summed E-state index contributed by atoms with van der Waals surface area (Å²) in [5, 5.41) is 13.7. The van der Waals surface area contributed by atoms with Crippen LogP contribution in [0.25, 0.3) is 0 Å². The summed E-state index contributed by atoms with van der Waals surface area (Å²) in [6.07, 6.45) is 3.66. The van der Waals surface area contributed by atoms with E-state index in [0.29, 0.717) is 23.9 Å². The van der Waals surface area contributed by atoms with Crippen LogP contribution in [-0.2, 0) is 0 Å². The second-order valence-electron chi connectivity index (χ2n) is 5.34. The number of carbonyl (C=O) groups excluding carboxylic acids is 1. The fraction of sp³-hybridized carbons (Fsp3) is 0.533. The summed E-state index contributed by atoms with van der Waals surface area (Å²) >= 11 is 3.54. The monoisotopic (exact) mass is 325 g/mol. The maximum atomic E-state index is 12.0. The quantitative estimate of drug-likeness (QED) is 0.835. The molecule has 2 atom stereocenters. The molecule has 1 aromatic carbocycles. The van der Waals surface area contributed by atoms with Crippen LogP contribution in [0.4, 0.5) is 0 Å². The number of alkyl halides is 1. The van der Waals surface area contributed by atoms with Gasteiger partial charge in [-0.25, -0.2) is 0 Å². The first-order valence-corrected chi connectivity index (χ1v) is 7.87. The largest absolute Gasteiger partial charge is 0.507 e. The molecule has 0 spiro atoms. The smallest absolute Gasteiger partial charge is 0.255 e. The lowest BCUT2D eigenvalue weighted by molar-refractivity contribution is 0.0942. The number of benzene rings is 1. The zero-order valence-electron chi connectivity index (χ0n) is 11.2. The van der Waals surface area contributed by atoms with Gasteiger partial charge in [-0.15, -0.1) is 0 Å². The van der Waals surface area contributed by atoms with Crippen molar-refractivity contribution in [3.63, 3.8) is 0 Å². The number of amides is 1. The molecule has 1 saturated carbocycles. The molecule has 1 aromatic rings. The first kappa shape index (κ1) is 14.4. The molecule has 4 heteroatoms. The van der Waals surface area contributed by atoms with E-state index >= 15 is 0 Å². The zero-order valence-corrected chi connectivity index (χ0v) is 12.7. The number of hydrogen-bond acceptors (Lipinski definition) is 2. The Morgan fingerprint density at radius 2 is 2.16 bits per heavy atom. The number of aromatic hydroxyl groups is 1. The van der Waals surface area contributed by atoms with Crippen LogP contribution < -0.4 is 5.32 Å². The van der Waals surface area contributed by atoms with Gasteiger partial charge in [-0.05, 0) is 49.3 Å². The van der Waals surface area contributed by atoms with Crippen molar-refractivity contribution in [3.05, 3.63) is 29.3 Å². The van der Waals surface area contributed by atoms with E-state index in [4.69, 9.17) is 0 Å². The summed E-state index contributed by atoms with van der Waals surface area (Å²) in [7, 11) is 0. The Hall–Kier alpha value is -1.03. The molecule has 2 rings (SSSR count). The molecule has 0 heterocycles. The van der Waals surface area contributed by atoms with E-state index in [1.807, 2.05) is 13.0 Å². The maximum Gasteiger partial charge on any atom is 0.255 e. The fourth-order valence-corrected chi connectivity index (χ4v) is 3.59. The van der Waals surface area contributed by atoms with E-state index in [-0.39, 0.29) is 11.7 Å². The number of carbonyl (C=O) groups is 1. The highest BCUT2D eigenvalue weighted by Gasteiger charge is 2.26. The molecule has 1 amide bonds. The van der Waals surface area contributed by atoms with Gasteiger partial charge in [0.2, 0.25) is 0 Å². The molecule has 1 aliphatic carbocycles. The number of hydrogen-bond donors (Lipinski definition) is 2. The molecule has 2 N–H and O–H groups in total. The van der Waals surface area contributed by atoms with Crippen LogP contribution in [0.5, 0.6) is 5.75 Å². The molecular weight excluding hydrogens is 306 g/mol. The lowest BCUT2D eigenvalue weighted by Gasteiger charge is -2.18. The average molecular weight is 326 g/mol. The molecule has 0 saturated heterocycles. The first-order chi connectivity index (χ1) is 9.11. The SMILES string of the molecule is Cc1ccc(C(=O)NCC2CCCC2CBr)c(O)c1. The minimum absolute atomic E-state index is 0.0564. The average Bonchev–Trinajstić information content (AvgIpc) is 2.83. The van der Waals surface area contributed by atoms with E-state index < -0.39 is 0 Å². The number of phenols is 1. The van der Waals surface area contributed by atoms with Gasteiger partial charge in [-0.3, -0.25) is 4.79 Å². The van der Waals surface area contributed by atoms with E-state index in [0.717, 1.165) is 10.9 Å². The molecule has 0 aromatic heterocycles. The van der Waals surface area contributed by atoms with Gasteiger partial charge in [0.1, 0.15) is 5.75 Å². The van der Waals surface area contributed by atoms with Crippen LogP contribution >= 0.6 is 15.9 Å². The molecule has 2 unspecified atom stereocenters. The van der Waals surface area contributed by atoms with Gasteiger partial charge in [-0.2, -0.15) is 0 Å². The Balaban J connectivity index is 1.94. The highest BCUT2D eigenvalue weighted by molar-refractivity contribution is 9.09. The maximum absolute atomic E-state index is 12.0. The third-order valence-corrected chi connectivity index (χ3v) is 4.77. The Labute approximate surface area is 122 Å². The predicted molar refractivity (Wildman–Crippen MR) is 79.8 cm³/mol. The van der Waals surface area contributed by atoms with E-state index in [2.05, 4.69) is 21.2 Å². The van der Waals surface area contributed by atoms with Gasteiger partial charge in [0, 0.05) is 11.9 Å².